The lowest BCUT2D eigenvalue weighted by molar-refractivity contribution is 1.04. The maximum absolute atomic E-state index is 4.27. The Morgan fingerprint density at radius 1 is 1.50 bits per heavy atom. The molecule has 0 aromatic carbocycles. The van der Waals surface area contributed by atoms with Gasteiger partial charge in [0.05, 0.1) is 0 Å². The Morgan fingerprint density at radius 3 is 2.70 bits per heavy atom. The van der Waals surface area contributed by atoms with Gasteiger partial charge in [0, 0.05) is 11.9 Å². The number of rotatable bonds is 2. The van der Waals surface area contributed by atoms with Gasteiger partial charge < -0.3 is 0 Å². The van der Waals surface area contributed by atoms with Gasteiger partial charge >= 0.3 is 0 Å². The van der Waals surface area contributed by atoms with Crippen molar-refractivity contribution >= 4 is 13.9 Å². The second-order valence-corrected chi connectivity index (χ2v) is 3.22. The Balaban J connectivity index is 2.80. The van der Waals surface area contributed by atoms with Crippen LogP contribution in [-0.4, -0.2) is 11.6 Å². The summed E-state index contributed by atoms with van der Waals surface area (Å²) in [5, 5.41) is 1.34. The van der Waals surface area contributed by atoms with Crippen LogP contribution in [0.5, 0.6) is 0 Å². The first kappa shape index (κ1) is 7.68. The molecule has 0 aliphatic heterocycles. The summed E-state index contributed by atoms with van der Waals surface area (Å²) in [6, 6.07) is 4.26. The zero-order valence-corrected chi connectivity index (χ0v) is 7.39. The molecule has 1 aromatic rings. The minimum atomic E-state index is 0.865. The summed E-state index contributed by atoms with van der Waals surface area (Å²) in [5.74, 6) is 0. The summed E-state index contributed by atoms with van der Waals surface area (Å²) in [6.07, 6.45) is 3.00. The highest BCUT2D eigenvalue weighted by Crippen LogP contribution is 2.02. The molecule has 0 N–H and O–H groups in total. The van der Waals surface area contributed by atoms with Crippen molar-refractivity contribution < 1.29 is 0 Å². The topological polar surface area (TPSA) is 12.9 Å². The fraction of sp³-hybridized carbons (Fsp3) is 0.375. The van der Waals surface area contributed by atoms with Crippen molar-refractivity contribution in [3.8, 4) is 0 Å². The normalized spacial score (nSPS) is 11.0. The van der Waals surface area contributed by atoms with Crippen LogP contribution in [-0.2, 0) is 6.42 Å². The van der Waals surface area contributed by atoms with Crippen molar-refractivity contribution in [3.05, 3.63) is 24.0 Å². The molecule has 1 unspecified atom stereocenters. The van der Waals surface area contributed by atoms with Crippen LogP contribution in [0.1, 0.15) is 12.6 Å². The standard InChI is InChI=1S/C8H12NP/c1-3-7-4-5-8(10-2)6-9-7/h4-6,10H,3H2,1-2H3. The number of hydrogen-bond acceptors (Lipinski definition) is 1. The first-order valence-electron chi connectivity index (χ1n) is 3.49. The van der Waals surface area contributed by atoms with E-state index in [1.54, 1.807) is 0 Å². The van der Waals surface area contributed by atoms with Crippen LogP contribution in [0.25, 0.3) is 0 Å². The third kappa shape index (κ3) is 1.78. The molecular formula is C8H12NP. The highest BCUT2D eigenvalue weighted by Gasteiger charge is 1.89. The van der Waals surface area contributed by atoms with Gasteiger partial charge in [-0.15, -0.1) is 0 Å². The molecule has 1 heterocycles. The average Bonchev–Trinajstić information content (AvgIpc) is 2.05. The summed E-state index contributed by atoms with van der Waals surface area (Å²) in [6.45, 7) is 4.29. The zero-order chi connectivity index (χ0) is 7.40. The van der Waals surface area contributed by atoms with E-state index in [0.717, 1.165) is 15.0 Å². The summed E-state index contributed by atoms with van der Waals surface area (Å²) >= 11 is 0. The molecule has 10 heavy (non-hydrogen) atoms. The number of aromatic nitrogens is 1. The van der Waals surface area contributed by atoms with Gasteiger partial charge in [0.2, 0.25) is 0 Å². The lowest BCUT2D eigenvalue weighted by atomic mass is 10.3. The SMILES string of the molecule is CCc1ccc(PC)cn1. The van der Waals surface area contributed by atoms with Crippen molar-refractivity contribution in [3.63, 3.8) is 0 Å². The lowest BCUT2D eigenvalue weighted by Crippen LogP contribution is -1.96. The first-order chi connectivity index (χ1) is 4.86. The van der Waals surface area contributed by atoms with Crippen molar-refractivity contribution in [2.45, 2.75) is 13.3 Å². The molecular weight excluding hydrogens is 141 g/mol. The molecule has 1 aromatic heterocycles. The Bertz CT molecular complexity index is 170. The highest BCUT2D eigenvalue weighted by atomic mass is 31.1. The van der Waals surface area contributed by atoms with Crippen molar-refractivity contribution in [2.24, 2.45) is 0 Å². The maximum atomic E-state index is 4.27. The van der Waals surface area contributed by atoms with E-state index in [1.165, 1.54) is 11.0 Å². The molecule has 0 aliphatic rings. The molecule has 1 rings (SSSR count). The van der Waals surface area contributed by atoms with Gasteiger partial charge in [0.1, 0.15) is 0 Å². The minimum Gasteiger partial charge on any atom is -0.261 e. The monoisotopic (exact) mass is 153 g/mol. The highest BCUT2D eigenvalue weighted by molar-refractivity contribution is 7.46. The van der Waals surface area contributed by atoms with Crippen molar-refractivity contribution in [2.75, 3.05) is 6.66 Å². The first-order valence-corrected chi connectivity index (χ1v) is 4.99. The van der Waals surface area contributed by atoms with Crippen LogP contribution in [0.15, 0.2) is 18.3 Å². The van der Waals surface area contributed by atoms with E-state index < -0.39 is 0 Å². The lowest BCUT2D eigenvalue weighted by Gasteiger charge is -1.96. The van der Waals surface area contributed by atoms with Crippen molar-refractivity contribution in [1.29, 1.82) is 0 Å². The number of hydrogen-bond donors (Lipinski definition) is 0. The molecule has 0 bridgehead atoms. The van der Waals surface area contributed by atoms with Crippen LogP contribution in [0.2, 0.25) is 0 Å². The van der Waals surface area contributed by atoms with E-state index in [2.05, 4.69) is 30.7 Å². The van der Waals surface area contributed by atoms with E-state index in [0.29, 0.717) is 0 Å². The molecule has 0 radical (unpaired) electrons. The van der Waals surface area contributed by atoms with Gasteiger partial charge in [-0.2, -0.15) is 0 Å². The van der Waals surface area contributed by atoms with E-state index in [1.807, 2.05) is 6.20 Å². The largest absolute Gasteiger partial charge is 0.261 e. The molecule has 0 spiro atoms. The zero-order valence-electron chi connectivity index (χ0n) is 6.39. The summed E-state index contributed by atoms with van der Waals surface area (Å²) in [7, 11) is 0.865. The van der Waals surface area contributed by atoms with E-state index in [-0.39, 0.29) is 0 Å². The molecule has 0 saturated heterocycles. The summed E-state index contributed by atoms with van der Waals surface area (Å²) in [5.41, 5.74) is 1.18. The van der Waals surface area contributed by atoms with Gasteiger partial charge in [-0.25, -0.2) is 0 Å². The Labute approximate surface area is 63.7 Å². The Kier molecular flexibility index (Phi) is 2.82. The molecule has 0 amide bonds. The molecule has 1 atom stereocenters. The van der Waals surface area contributed by atoms with Crippen LogP contribution in [0.4, 0.5) is 0 Å². The number of aryl methyl sites for hydroxylation is 1. The molecule has 0 aliphatic carbocycles. The van der Waals surface area contributed by atoms with Crippen LogP contribution >= 0.6 is 8.58 Å². The molecule has 0 saturated carbocycles. The second kappa shape index (κ2) is 3.68. The van der Waals surface area contributed by atoms with E-state index in [4.69, 9.17) is 0 Å². The van der Waals surface area contributed by atoms with Gasteiger partial charge in [-0.3, -0.25) is 4.98 Å². The fourth-order valence-electron chi connectivity index (χ4n) is 0.782. The van der Waals surface area contributed by atoms with Crippen LogP contribution < -0.4 is 5.30 Å². The van der Waals surface area contributed by atoms with E-state index in [9.17, 15) is 0 Å². The van der Waals surface area contributed by atoms with Crippen LogP contribution in [0.3, 0.4) is 0 Å². The third-order valence-corrected chi connectivity index (χ3v) is 2.35. The predicted molar refractivity (Wildman–Crippen MR) is 47.5 cm³/mol. The van der Waals surface area contributed by atoms with Crippen LogP contribution in [0, 0.1) is 0 Å². The Morgan fingerprint density at radius 2 is 2.30 bits per heavy atom. The number of nitrogens with zero attached hydrogens (tertiary/aromatic N) is 1. The van der Waals surface area contributed by atoms with E-state index >= 15 is 0 Å². The predicted octanol–water partition coefficient (Wildman–Crippen LogP) is 1.58. The molecule has 1 nitrogen and oxygen atoms in total. The van der Waals surface area contributed by atoms with Crippen molar-refractivity contribution in [1.82, 2.24) is 4.98 Å². The maximum Gasteiger partial charge on any atom is 0.0401 e. The third-order valence-electron chi connectivity index (χ3n) is 1.48. The quantitative estimate of drug-likeness (QED) is 0.588. The summed E-state index contributed by atoms with van der Waals surface area (Å²) < 4.78 is 0. The Hall–Kier alpha value is -0.420. The number of pyridine rings is 1. The average molecular weight is 153 g/mol. The van der Waals surface area contributed by atoms with Gasteiger partial charge in [-0.1, -0.05) is 21.6 Å². The second-order valence-electron chi connectivity index (χ2n) is 2.14. The van der Waals surface area contributed by atoms with Gasteiger partial charge in [0.15, 0.2) is 0 Å². The smallest absolute Gasteiger partial charge is 0.0401 e. The molecule has 2 heteroatoms. The van der Waals surface area contributed by atoms with Gasteiger partial charge in [0.25, 0.3) is 0 Å². The van der Waals surface area contributed by atoms with Gasteiger partial charge in [-0.05, 0) is 24.5 Å². The molecule has 0 fully saturated rings. The fourth-order valence-corrected chi connectivity index (χ4v) is 1.23. The summed E-state index contributed by atoms with van der Waals surface area (Å²) in [4.78, 5) is 4.27. The minimum absolute atomic E-state index is 0.865. The molecule has 54 valence electrons.